The Morgan fingerprint density at radius 3 is 1.87 bits per heavy atom. The van der Waals surface area contributed by atoms with Gasteiger partial charge in [-0.1, -0.05) is 24.3 Å². The van der Waals surface area contributed by atoms with Crippen LogP contribution in [0.25, 0.3) is 9.69 Å². The van der Waals surface area contributed by atoms with Crippen molar-refractivity contribution in [3.05, 3.63) is 82.5 Å². The maximum atomic E-state index is 10.4. The van der Waals surface area contributed by atoms with Crippen LogP contribution in [0.2, 0.25) is 0 Å². The third kappa shape index (κ3) is 12.4. The van der Waals surface area contributed by atoms with Gasteiger partial charge in [-0.25, -0.2) is 21.0 Å². The molecule has 0 spiro atoms. The van der Waals surface area contributed by atoms with E-state index in [1.165, 1.54) is 48.5 Å². The largest absolute Gasteiger partial charge is 0.478 e. The van der Waals surface area contributed by atoms with Crippen LogP contribution in [0.3, 0.4) is 0 Å². The molecule has 0 amide bonds. The average molecular weight is 421 g/mol. The van der Waals surface area contributed by atoms with Crippen LogP contribution in [0.15, 0.2) is 48.5 Å². The van der Waals surface area contributed by atoms with Gasteiger partial charge >= 0.3 is 11.9 Å². The fraction of sp³-hybridized carbons (Fsp3) is 0.182. The van der Waals surface area contributed by atoms with E-state index in [4.69, 9.17) is 28.6 Å². The zero-order chi connectivity index (χ0) is 23.5. The fourth-order valence-corrected chi connectivity index (χ4v) is 1.81. The molecule has 0 heterocycles. The first kappa shape index (κ1) is 26.3. The first-order chi connectivity index (χ1) is 14.9. The van der Waals surface area contributed by atoms with E-state index in [0.29, 0.717) is 24.4 Å². The third-order valence-electron chi connectivity index (χ3n) is 3.34. The van der Waals surface area contributed by atoms with Crippen molar-refractivity contribution in [2.24, 2.45) is 0 Å². The van der Waals surface area contributed by atoms with Crippen molar-refractivity contribution < 1.29 is 29.3 Å². The topological polar surface area (TPSA) is 133 Å². The Morgan fingerprint density at radius 1 is 0.968 bits per heavy atom. The van der Waals surface area contributed by atoms with E-state index in [-0.39, 0.29) is 17.6 Å². The highest BCUT2D eigenvalue weighted by Gasteiger charge is 2.01. The molecule has 0 fully saturated rings. The number of hydrogen-bond donors (Lipinski definition) is 2. The van der Waals surface area contributed by atoms with Crippen LogP contribution in [0, 0.1) is 24.5 Å². The van der Waals surface area contributed by atoms with Crippen LogP contribution in [-0.2, 0) is 4.79 Å². The zero-order valence-corrected chi connectivity index (χ0v) is 16.4. The van der Waals surface area contributed by atoms with Gasteiger partial charge in [0.05, 0.1) is 23.8 Å². The number of aromatic carboxylic acids is 2. The van der Waals surface area contributed by atoms with Gasteiger partial charge in [0, 0.05) is 12.8 Å². The molecular weight excluding hydrogens is 402 g/mol. The number of carbonyl (C=O) groups is 3. The number of carboxylic acid groups (broad SMARTS) is 2. The highest BCUT2D eigenvalue weighted by atomic mass is 16.5. The van der Waals surface area contributed by atoms with Crippen LogP contribution in [-0.4, -0.2) is 35.2 Å². The van der Waals surface area contributed by atoms with Crippen molar-refractivity contribution in [3.63, 3.8) is 0 Å². The Kier molecular flexibility index (Phi) is 13.8. The molecule has 0 unspecified atom stereocenters. The van der Waals surface area contributed by atoms with Gasteiger partial charge in [-0.3, -0.25) is 4.79 Å². The summed E-state index contributed by atoms with van der Waals surface area (Å²) in [6.45, 7) is 13.8. The monoisotopic (exact) mass is 421 g/mol. The van der Waals surface area contributed by atoms with Crippen molar-refractivity contribution >= 4 is 24.1 Å². The summed E-state index contributed by atoms with van der Waals surface area (Å²) in [5.74, 6) is -1.65. The molecule has 0 bridgehead atoms. The van der Waals surface area contributed by atoms with Gasteiger partial charge < -0.3 is 19.8 Å². The van der Waals surface area contributed by atoms with Crippen LogP contribution >= 0.6 is 0 Å². The molecule has 2 N–H and O–H groups in total. The highest BCUT2D eigenvalue weighted by molar-refractivity contribution is 5.88. The van der Waals surface area contributed by atoms with Crippen LogP contribution < -0.4 is 4.74 Å². The van der Waals surface area contributed by atoms with Crippen molar-refractivity contribution in [1.29, 1.82) is 5.26 Å². The summed E-state index contributed by atoms with van der Waals surface area (Å²) in [5.41, 5.74) is 0.820. The first-order valence-electron chi connectivity index (χ1n) is 8.74. The summed E-state index contributed by atoms with van der Waals surface area (Å²) in [7, 11) is 0. The number of carboxylic acids is 2. The summed E-state index contributed by atoms with van der Waals surface area (Å²) in [4.78, 5) is 36.8. The Hall–Kier alpha value is -4.68. The first-order valence-corrected chi connectivity index (χ1v) is 8.74. The fourth-order valence-electron chi connectivity index (χ4n) is 1.81. The molecule has 9 nitrogen and oxygen atoms in total. The standard InChI is InChI=1S/C8H5NO2.C8H6O4.C6H8N2/c1-9-7-4-2-6(3-5-7)8(10)11;9-5-12-7-3-1-6(2-4-7)8(10)11;1-8-6-4-2-3-5-7/h2-5H,(H,10,11);1-5H,(H,10,11);2-4,6H2. The molecular formula is C22H19N3O6. The minimum Gasteiger partial charge on any atom is -0.478 e. The van der Waals surface area contributed by atoms with Gasteiger partial charge in [-0.05, 0) is 30.7 Å². The number of carbonyl (C=O) groups excluding carboxylic acids is 1. The van der Waals surface area contributed by atoms with E-state index in [9.17, 15) is 14.4 Å². The van der Waals surface area contributed by atoms with Crippen LogP contribution in [0.5, 0.6) is 5.75 Å². The molecule has 0 aromatic heterocycles. The minimum atomic E-state index is -1.01. The van der Waals surface area contributed by atoms with Gasteiger partial charge in [-0.2, -0.15) is 5.26 Å². The Balaban J connectivity index is 0.000000446. The Morgan fingerprint density at radius 2 is 1.48 bits per heavy atom. The molecule has 0 aliphatic heterocycles. The molecule has 0 aliphatic rings. The second-order valence-corrected chi connectivity index (χ2v) is 5.50. The normalized spacial score (nSPS) is 8.42. The van der Waals surface area contributed by atoms with E-state index in [1.807, 2.05) is 6.07 Å². The Labute approximate surface area is 179 Å². The average Bonchev–Trinajstić information content (AvgIpc) is 2.78. The lowest BCUT2D eigenvalue weighted by atomic mass is 10.2. The number of nitrogens with zero attached hydrogens (tertiary/aromatic N) is 3. The molecule has 0 aliphatic carbocycles. The van der Waals surface area contributed by atoms with Crippen molar-refractivity contribution in [3.8, 4) is 11.8 Å². The van der Waals surface area contributed by atoms with E-state index in [2.05, 4.69) is 14.4 Å². The van der Waals surface area contributed by atoms with E-state index < -0.39 is 11.9 Å². The number of benzene rings is 2. The molecule has 2 aromatic carbocycles. The van der Waals surface area contributed by atoms with Gasteiger partial charge in [0.2, 0.25) is 6.54 Å². The van der Waals surface area contributed by atoms with E-state index in [1.54, 1.807) is 0 Å². The molecule has 2 aromatic rings. The molecule has 158 valence electrons. The second-order valence-electron chi connectivity index (χ2n) is 5.50. The summed E-state index contributed by atoms with van der Waals surface area (Å²) in [5, 5.41) is 25.0. The lowest BCUT2D eigenvalue weighted by molar-refractivity contribution is -0.120. The Bertz CT molecular complexity index is 949. The van der Waals surface area contributed by atoms with Crippen LogP contribution in [0.4, 0.5) is 5.69 Å². The van der Waals surface area contributed by atoms with Gasteiger partial charge in [0.1, 0.15) is 5.75 Å². The van der Waals surface area contributed by atoms with Crippen molar-refractivity contribution in [2.75, 3.05) is 6.54 Å². The third-order valence-corrected chi connectivity index (χ3v) is 3.34. The molecule has 31 heavy (non-hydrogen) atoms. The minimum absolute atomic E-state index is 0.160. The second kappa shape index (κ2) is 16.3. The van der Waals surface area contributed by atoms with Crippen molar-refractivity contribution in [1.82, 2.24) is 0 Å². The predicted molar refractivity (Wildman–Crippen MR) is 111 cm³/mol. The molecule has 0 radical (unpaired) electrons. The number of nitriles is 1. The predicted octanol–water partition coefficient (Wildman–Crippen LogP) is 4.46. The highest BCUT2D eigenvalue weighted by Crippen LogP contribution is 2.12. The summed E-state index contributed by atoms with van der Waals surface area (Å²) in [6, 6.07) is 13.4. The summed E-state index contributed by atoms with van der Waals surface area (Å²) >= 11 is 0. The number of hydrogen-bond acceptors (Lipinski definition) is 5. The maximum Gasteiger partial charge on any atom is 0.335 e. The number of rotatable bonds is 7. The van der Waals surface area contributed by atoms with Gasteiger partial charge in [0.25, 0.3) is 6.47 Å². The summed E-state index contributed by atoms with van der Waals surface area (Å²) in [6.07, 6.45) is 2.34. The lowest BCUT2D eigenvalue weighted by Gasteiger charge is -1.96. The number of ether oxygens (including phenoxy) is 1. The summed E-state index contributed by atoms with van der Waals surface area (Å²) < 4.78 is 4.47. The molecule has 2 rings (SSSR count). The van der Waals surface area contributed by atoms with Gasteiger partial charge in [0.15, 0.2) is 5.69 Å². The van der Waals surface area contributed by atoms with Gasteiger partial charge in [-0.15, -0.1) is 0 Å². The molecule has 9 heteroatoms. The zero-order valence-electron chi connectivity index (χ0n) is 16.4. The molecule has 0 atom stereocenters. The lowest BCUT2D eigenvalue weighted by Crippen LogP contribution is -1.95. The number of unbranched alkanes of at least 4 members (excludes halogenated alkanes) is 2. The molecule has 0 saturated heterocycles. The quantitative estimate of drug-likeness (QED) is 0.383. The smallest absolute Gasteiger partial charge is 0.335 e. The SMILES string of the molecule is O=COc1ccc(C(=O)O)cc1.[C-]#[N+]CCCCC#N.[C-]#[N+]c1ccc(C(=O)O)cc1. The van der Waals surface area contributed by atoms with E-state index in [0.717, 1.165) is 12.8 Å². The maximum absolute atomic E-state index is 10.4. The van der Waals surface area contributed by atoms with E-state index >= 15 is 0 Å². The van der Waals surface area contributed by atoms with Crippen molar-refractivity contribution in [2.45, 2.75) is 19.3 Å². The molecule has 0 saturated carbocycles. The van der Waals surface area contributed by atoms with Crippen LogP contribution in [0.1, 0.15) is 40.0 Å².